The van der Waals surface area contributed by atoms with E-state index in [0.717, 1.165) is 25.9 Å². The molecule has 4 heteroatoms. The van der Waals surface area contributed by atoms with Gasteiger partial charge in [0.2, 0.25) is 0 Å². The average Bonchev–Trinajstić information content (AvgIpc) is 2.47. The highest BCUT2D eigenvalue weighted by Crippen LogP contribution is 2.26. The van der Waals surface area contributed by atoms with Crippen LogP contribution in [-0.4, -0.2) is 26.2 Å². The van der Waals surface area contributed by atoms with Crippen molar-refractivity contribution in [2.45, 2.75) is 19.3 Å². The molecule has 1 aliphatic rings. The van der Waals surface area contributed by atoms with Crippen molar-refractivity contribution in [2.24, 2.45) is 0 Å². The highest BCUT2D eigenvalue weighted by atomic mass is 16.6. The molecule has 0 atom stereocenters. The molecule has 1 aromatic carbocycles. The maximum Gasteiger partial charge on any atom is 0.311 e. The average molecular weight is 261 g/mol. The van der Waals surface area contributed by atoms with Gasteiger partial charge >= 0.3 is 5.97 Å². The summed E-state index contributed by atoms with van der Waals surface area (Å²) in [7, 11) is 1.56. The minimum atomic E-state index is -0.219. The quantitative estimate of drug-likeness (QED) is 0.502. The van der Waals surface area contributed by atoms with Gasteiger partial charge in [0.25, 0.3) is 0 Å². The van der Waals surface area contributed by atoms with Gasteiger partial charge in [-0.3, -0.25) is 4.79 Å². The topological polar surface area (TPSA) is 47.6 Å². The molecule has 1 aromatic rings. The summed E-state index contributed by atoms with van der Waals surface area (Å²) in [5.74, 6) is 0.843. The Bertz CT molecular complexity index is 468. The van der Waals surface area contributed by atoms with E-state index >= 15 is 0 Å². The molecule has 0 radical (unpaired) electrons. The molecular formula is C15H19NO3. The fourth-order valence-corrected chi connectivity index (χ4v) is 2.04. The molecular weight excluding hydrogens is 242 g/mol. The number of hydrogen-bond acceptors (Lipinski definition) is 4. The first-order chi connectivity index (χ1) is 9.29. The lowest BCUT2D eigenvalue weighted by Gasteiger charge is -2.13. The standard InChI is InChI=1S/C15H19NO3/c1-18-13-4-2-3-5-14(13)19-15(17)7-6-12-8-10-16-11-9-12/h2-5,8,16H,6-7,9-11H2,1H3. The van der Waals surface area contributed by atoms with E-state index < -0.39 is 0 Å². The van der Waals surface area contributed by atoms with Gasteiger partial charge in [-0.1, -0.05) is 23.8 Å². The van der Waals surface area contributed by atoms with E-state index in [9.17, 15) is 4.79 Å². The first kappa shape index (κ1) is 13.6. The number of carbonyl (C=O) groups is 1. The molecule has 0 aromatic heterocycles. The summed E-state index contributed by atoms with van der Waals surface area (Å²) in [5.41, 5.74) is 1.33. The van der Waals surface area contributed by atoms with Crippen molar-refractivity contribution in [3.63, 3.8) is 0 Å². The molecule has 0 saturated carbocycles. The maximum atomic E-state index is 11.8. The lowest BCUT2D eigenvalue weighted by Crippen LogP contribution is -2.21. The molecule has 0 fully saturated rings. The second kappa shape index (κ2) is 6.95. The Morgan fingerprint density at radius 2 is 2.11 bits per heavy atom. The van der Waals surface area contributed by atoms with Gasteiger partial charge in [-0.15, -0.1) is 0 Å². The van der Waals surface area contributed by atoms with E-state index in [0.29, 0.717) is 17.9 Å². The highest BCUT2D eigenvalue weighted by Gasteiger charge is 2.11. The Kier molecular flexibility index (Phi) is 4.98. The molecule has 102 valence electrons. The van der Waals surface area contributed by atoms with Crippen molar-refractivity contribution < 1.29 is 14.3 Å². The van der Waals surface area contributed by atoms with Gasteiger partial charge in [0.15, 0.2) is 11.5 Å². The largest absolute Gasteiger partial charge is 0.493 e. The third-order valence-corrected chi connectivity index (χ3v) is 3.10. The zero-order valence-electron chi connectivity index (χ0n) is 11.1. The molecule has 1 aliphatic heterocycles. The third kappa shape index (κ3) is 4.10. The first-order valence-electron chi connectivity index (χ1n) is 6.52. The molecule has 0 saturated heterocycles. The molecule has 2 rings (SSSR count). The molecule has 4 nitrogen and oxygen atoms in total. The molecule has 0 bridgehead atoms. The number of ether oxygens (including phenoxy) is 2. The van der Waals surface area contributed by atoms with E-state index in [4.69, 9.17) is 9.47 Å². The predicted octanol–water partition coefficient (Wildman–Crippen LogP) is 2.30. The molecule has 1 N–H and O–H groups in total. The Labute approximate surface area is 113 Å². The van der Waals surface area contributed by atoms with Gasteiger partial charge in [-0.25, -0.2) is 0 Å². The van der Waals surface area contributed by atoms with Crippen LogP contribution >= 0.6 is 0 Å². The smallest absolute Gasteiger partial charge is 0.311 e. The van der Waals surface area contributed by atoms with E-state index in [-0.39, 0.29) is 5.97 Å². The second-order valence-corrected chi connectivity index (χ2v) is 4.44. The summed E-state index contributed by atoms with van der Waals surface area (Å²) in [4.78, 5) is 11.8. The number of carbonyl (C=O) groups excluding carboxylic acids is 1. The van der Waals surface area contributed by atoms with E-state index in [2.05, 4.69) is 11.4 Å². The van der Waals surface area contributed by atoms with Crippen LogP contribution in [-0.2, 0) is 4.79 Å². The van der Waals surface area contributed by atoms with Crippen LogP contribution in [0.2, 0.25) is 0 Å². The van der Waals surface area contributed by atoms with Crippen molar-refractivity contribution in [3.05, 3.63) is 35.9 Å². The van der Waals surface area contributed by atoms with Crippen molar-refractivity contribution in [1.82, 2.24) is 5.32 Å². The number of rotatable bonds is 5. The minimum Gasteiger partial charge on any atom is -0.493 e. The monoisotopic (exact) mass is 261 g/mol. The van der Waals surface area contributed by atoms with Gasteiger partial charge in [0.1, 0.15) is 0 Å². The molecule has 0 amide bonds. The van der Waals surface area contributed by atoms with Crippen LogP contribution in [0, 0.1) is 0 Å². The van der Waals surface area contributed by atoms with Gasteiger partial charge in [0, 0.05) is 13.0 Å². The summed E-state index contributed by atoms with van der Waals surface area (Å²) in [6.07, 6.45) is 4.35. The van der Waals surface area contributed by atoms with Gasteiger partial charge in [0.05, 0.1) is 7.11 Å². The molecule has 19 heavy (non-hydrogen) atoms. The van der Waals surface area contributed by atoms with Crippen LogP contribution in [0.1, 0.15) is 19.3 Å². The highest BCUT2D eigenvalue weighted by molar-refractivity contribution is 5.73. The predicted molar refractivity (Wildman–Crippen MR) is 73.4 cm³/mol. The van der Waals surface area contributed by atoms with Crippen molar-refractivity contribution in [2.75, 3.05) is 20.2 Å². The summed E-state index contributed by atoms with van der Waals surface area (Å²) in [5, 5.41) is 3.25. The summed E-state index contributed by atoms with van der Waals surface area (Å²) >= 11 is 0. The van der Waals surface area contributed by atoms with Crippen LogP contribution in [0.3, 0.4) is 0 Å². The lowest BCUT2D eigenvalue weighted by atomic mass is 10.0. The van der Waals surface area contributed by atoms with Crippen LogP contribution in [0.25, 0.3) is 0 Å². The van der Waals surface area contributed by atoms with Crippen LogP contribution in [0.4, 0.5) is 0 Å². The van der Waals surface area contributed by atoms with Crippen LogP contribution in [0.5, 0.6) is 11.5 Å². The Hall–Kier alpha value is -1.81. The number of para-hydroxylation sites is 2. The zero-order valence-corrected chi connectivity index (χ0v) is 11.1. The first-order valence-corrected chi connectivity index (χ1v) is 6.52. The van der Waals surface area contributed by atoms with Crippen LogP contribution < -0.4 is 14.8 Å². The molecule has 0 spiro atoms. The normalized spacial score (nSPS) is 14.7. The Morgan fingerprint density at radius 3 is 2.79 bits per heavy atom. The Balaban J connectivity index is 1.85. The molecule has 1 heterocycles. The minimum absolute atomic E-state index is 0.219. The summed E-state index contributed by atoms with van der Waals surface area (Å²) in [6, 6.07) is 7.18. The fourth-order valence-electron chi connectivity index (χ4n) is 2.04. The number of hydrogen-bond donors (Lipinski definition) is 1. The summed E-state index contributed by atoms with van der Waals surface area (Å²) < 4.78 is 10.5. The van der Waals surface area contributed by atoms with Crippen molar-refractivity contribution >= 4 is 5.97 Å². The molecule has 0 aliphatic carbocycles. The van der Waals surface area contributed by atoms with Crippen molar-refractivity contribution in [3.8, 4) is 11.5 Å². The Morgan fingerprint density at radius 1 is 1.32 bits per heavy atom. The number of methoxy groups -OCH3 is 1. The molecule has 0 unspecified atom stereocenters. The van der Waals surface area contributed by atoms with Crippen molar-refractivity contribution in [1.29, 1.82) is 0 Å². The zero-order chi connectivity index (χ0) is 13.5. The summed E-state index contributed by atoms with van der Waals surface area (Å²) in [6.45, 7) is 1.89. The van der Waals surface area contributed by atoms with Crippen LogP contribution in [0.15, 0.2) is 35.9 Å². The second-order valence-electron chi connectivity index (χ2n) is 4.44. The third-order valence-electron chi connectivity index (χ3n) is 3.10. The van der Waals surface area contributed by atoms with Gasteiger partial charge < -0.3 is 14.8 Å². The number of nitrogens with one attached hydrogen (secondary N) is 1. The van der Waals surface area contributed by atoms with Gasteiger partial charge in [-0.2, -0.15) is 0 Å². The van der Waals surface area contributed by atoms with E-state index in [1.807, 2.05) is 12.1 Å². The lowest BCUT2D eigenvalue weighted by molar-refractivity contribution is -0.134. The maximum absolute atomic E-state index is 11.8. The van der Waals surface area contributed by atoms with Gasteiger partial charge in [-0.05, 0) is 31.5 Å². The fraction of sp³-hybridized carbons (Fsp3) is 0.400. The van der Waals surface area contributed by atoms with E-state index in [1.54, 1.807) is 19.2 Å². The number of benzene rings is 1. The van der Waals surface area contributed by atoms with E-state index in [1.165, 1.54) is 5.57 Å². The SMILES string of the molecule is COc1ccccc1OC(=O)CCC1=CCNCC1. The number of esters is 1.